The van der Waals surface area contributed by atoms with Crippen molar-refractivity contribution in [3.05, 3.63) is 221 Å². The van der Waals surface area contributed by atoms with Gasteiger partial charge in [-0.15, -0.1) is 0 Å². The standard InChI is InChI=1S/C21H21N3O2.2C20H19N3O2.C16H11BrN2O2.C5H11N.CH3F.CH4O.Na.H2O/c1-26-21(25)16-10-11-17-18(14-16)22-19(15-8-4-2-5-9-15)20(23-17)24-12-6-3-7-13-24;2*24-20(25)15-9-10-16-17(13-15)21-18(14-7-3-1-4-8-14)19(22-16)23-11-5-2-6-12-23;1-21-16(20)11-7-8-12-13(9-11)18-14(15(17)19-12)10-5-3-2-4-6-10;1-2-4-6-5-3-1;2*1-2;;/h2,4-5,8-11,14H,3,6-7,12-13H2,1H3;2*1,3-4,7-10,13H,2,5-6,11-12H2,(H,24,25);2-9H,1H3;6H,1-5H2;1H3;2H,1H3;;1H2/q;;;;;;;+1;/p-1/i;;;;;1D;;;. The fraction of sp³-hybridized carbons (Fsp3) is 0.286. The van der Waals surface area contributed by atoms with E-state index >= 15 is 0 Å². The number of alkyl halides is 1. The molecule has 4 fully saturated rings. The number of piperidine rings is 4. The molecule has 0 aliphatic carbocycles. The van der Waals surface area contributed by atoms with E-state index < -0.39 is 19.1 Å². The van der Waals surface area contributed by atoms with Gasteiger partial charge in [-0.1, -0.05) is 128 Å². The van der Waals surface area contributed by atoms with Crippen LogP contribution in [0.25, 0.3) is 89.2 Å². The summed E-state index contributed by atoms with van der Waals surface area (Å²) in [6, 6.07) is 60.1. The number of esters is 2. The quantitative estimate of drug-likeness (QED) is 0.0691. The molecule has 4 aromatic heterocycles. The van der Waals surface area contributed by atoms with E-state index in [1.165, 1.54) is 78.7 Å². The van der Waals surface area contributed by atoms with E-state index in [-0.39, 0.29) is 58.1 Å². The average molecular weight is 1550 g/mol. The minimum atomic E-state index is -1.00. The summed E-state index contributed by atoms with van der Waals surface area (Å²) in [4.78, 5) is 91.0. The number of anilines is 3. The van der Waals surface area contributed by atoms with Crippen molar-refractivity contribution < 1.29 is 84.8 Å². The molecule has 4 saturated heterocycles. The van der Waals surface area contributed by atoms with E-state index in [4.69, 9.17) is 45.9 Å². The number of nitrogens with zero attached hydrogens (tertiary/aromatic N) is 11. The first-order valence-corrected chi connectivity index (χ1v) is 36.6. The number of rotatable bonds is 11. The average Bonchev–Trinajstić information content (AvgIpc) is 0.792. The van der Waals surface area contributed by atoms with Gasteiger partial charge >= 0.3 is 53.4 Å². The van der Waals surface area contributed by atoms with Crippen LogP contribution in [0.2, 0.25) is 0 Å². The van der Waals surface area contributed by atoms with Crippen LogP contribution in [0, 0.1) is 0 Å². The van der Waals surface area contributed by atoms with Crippen LogP contribution in [0.3, 0.4) is 0 Å². The van der Waals surface area contributed by atoms with Crippen molar-refractivity contribution in [1.82, 2.24) is 45.2 Å². The van der Waals surface area contributed by atoms with Crippen LogP contribution in [0.1, 0.15) is 120 Å². The zero-order chi connectivity index (χ0) is 76.2. The number of hydrogen-bond acceptors (Lipinski definition) is 20. The van der Waals surface area contributed by atoms with Gasteiger partial charge in [0, 0.05) is 68.6 Å². The normalized spacial score (nSPS) is 13.7. The molecule has 22 nitrogen and oxygen atoms in total. The summed E-state index contributed by atoms with van der Waals surface area (Å²) in [7, 11) is 2.74. The first-order chi connectivity index (χ1) is 52.8. The molecule has 12 aromatic rings. The Balaban J connectivity index is 0.000000175. The van der Waals surface area contributed by atoms with Crippen LogP contribution in [0.4, 0.5) is 21.8 Å². The molecule has 0 bridgehead atoms. The van der Waals surface area contributed by atoms with Crippen LogP contribution in [0.5, 0.6) is 0 Å². The molecule has 0 spiro atoms. The number of ether oxygens (including phenoxy) is 2. The molecule has 0 saturated carbocycles. The summed E-state index contributed by atoms with van der Waals surface area (Å²) in [5.74, 6) is 0.0465. The predicted octanol–water partition coefficient (Wildman–Crippen LogP) is 13.7. The maximum atomic E-state index is 11.8. The Kier molecular flexibility index (Phi) is 32.7. The number of nitrogens with one attached hydrogen (secondary N) is 1. The molecule has 4 aliphatic heterocycles. The van der Waals surface area contributed by atoms with Gasteiger partial charge in [0.2, 0.25) is 0 Å². The predicted molar refractivity (Wildman–Crippen MR) is 426 cm³/mol. The third kappa shape index (κ3) is 22.4. The second-order valence-electron chi connectivity index (χ2n) is 25.4. The summed E-state index contributed by atoms with van der Waals surface area (Å²) in [5, 5.41) is 28.8. The second kappa shape index (κ2) is 43.0. The maximum absolute atomic E-state index is 11.8. The van der Waals surface area contributed by atoms with E-state index in [1.807, 2.05) is 127 Å². The second-order valence-corrected chi connectivity index (χ2v) is 26.1. The van der Waals surface area contributed by atoms with Crippen LogP contribution in [-0.4, -0.2) is 165 Å². The van der Waals surface area contributed by atoms with E-state index in [0.29, 0.717) is 43.3 Å². The van der Waals surface area contributed by atoms with Crippen molar-refractivity contribution in [2.75, 3.05) is 95.5 Å². The number of methoxy groups -OCH3 is 2. The van der Waals surface area contributed by atoms with E-state index in [2.05, 4.69) is 45.9 Å². The number of hydrogen-bond donors (Lipinski definition) is 4. The van der Waals surface area contributed by atoms with Crippen LogP contribution in [-0.2, 0) is 9.47 Å². The largest absolute Gasteiger partial charge is 1.00 e. The summed E-state index contributed by atoms with van der Waals surface area (Å²) in [6.45, 7) is 8.42. The molecule has 16 rings (SSSR count). The van der Waals surface area contributed by atoms with Gasteiger partial charge in [-0.3, -0.25) is 4.39 Å². The Hall–Kier alpha value is -10.3. The molecule has 5 N–H and O–H groups in total. The van der Waals surface area contributed by atoms with Crippen LogP contribution < -0.4 is 49.6 Å². The number of aliphatic hydroxyl groups excluding tert-OH is 1. The molecule has 560 valence electrons. The molecule has 0 radical (unpaired) electrons. The number of halogens is 2. The van der Waals surface area contributed by atoms with Gasteiger partial charge in [0.25, 0.3) is 0 Å². The Morgan fingerprint density at radius 1 is 0.385 bits per heavy atom. The first-order valence-electron chi connectivity index (χ1n) is 36.5. The van der Waals surface area contributed by atoms with Gasteiger partial charge in [-0.05, 0) is 172 Å². The van der Waals surface area contributed by atoms with Gasteiger partial charge in [-0.25, -0.2) is 59.0 Å². The SMILES string of the molecule is C1CCNCC1.CO.COC(=O)c1ccc2nc(Br)c(-c3ccccc3)nc2c1.COC(=O)c1ccc2nc(N3CCCCC3)c(-c3ccccc3)nc2c1.O=C(O)c1ccc2nc(N3CCCCC3)c(-c3ccccc3)nc2c1.O=C(O)c1ccc2nc(N3CCCCC3)c(-c3ccccc3)nc2c1.[2H]CF.[Na+].[OH-]. The zero-order valence-corrected chi connectivity index (χ0v) is 65.3. The number of carboxylic acids is 2. The number of carbonyl (C=O) groups is 4. The number of aromatic carboxylic acids is 2. The number of carboxylic acid groups (broad SMARTS) is 2. The van der Waals surface area contributed by atoms with Crippen molar-refractivity contribution in [2.45, 2.75) is 77.0 Å². The summed E-state index contributed by atoms with van der Waals surface area (Å²) in [6.07, 6.45) is 15.0. The van der Waals surface area contributed by atoms with Gasteiger partial charge in [0.1, 0.15) is 27.4 Å². The maximum Gasteiger partial charge on any atom is 1.00 e. The van der Waals surface area contributed by atoms with Crippen molar-refractivity contribution in [3.8, 4) is 45.0 Å². The molecule has 0 unspecified atom stereocenters. The smallest absolute Gasteiger partial charge is 0.870 e. The summed E-state index contributed by atoms with van der Waals surface area (Å²) in [5.41, 5.74) is 14.2. The number of carbonyl (C=O) groups excluding carboxylic acids is 2. The zero-order valence-electron chi connectivity index (χ0n) is 62.7. The Morgan fingerprint density at radius 2 is 0.642 bits per heavy atom. The van der Waals surface area contributed by atoms with Gasteiger partial charge in [0.15, 0.2) is 17.5 Å². The number of fused-ring (bicyclic) bond motifs is 4. The van der Waals surface area contributed by atoms with E-state index in [1.54, 1.807) is 66.7 Å². The van der Waals surface area contributed by atoms with Crippen molar-refractivity contribution in [1.29, 1.82) is 0 Å². The molecule has 0 atom stereocenters. The molecular weight excluding hydrogens is 1460 g/mol. The Bertz CT molecular complexity index is 4810. The fourth-order valence-electron chi connectivity index (χ4n) is 12.9. The minimum Gasteiger partial charge on any atom is -0.870 e. The Morgan fingerprint density at radius 3 is 0.908 bits per heavy atom. The summed E-state index contributed by atoms with van der Waals surface area (Å²) >= 11 is 3.45. The number of aliphatic hydroxyl groups is 1. The monoisotopic (exact) mass is 1550 g/mol. The van der Waals surface area contributed by atoms with E-state index in [9.17, 15) is 33.8 Å². The minimum absolute atomic E-state index is 0. The van der Waals surface area contributed by atoms with E-state index in [0.717, 1.165) is 151 Å². The van der Waals surface area contributed by atoms with Crippen LogP contribution >= 0.6 is 15.9 Å². The molecular formula is C84H89BrFN12NaO10. The van der Waals surface area contributed by atoms with Crippen molar-refractivity contribution in [2.24, 2.45) is 0 Å². The number of aromatic nitrogens is 8. The van der Waals surface area contributed by atoms with Crippen molar-refractivity contribution >= 4 is 101 Å². The molecule has 0 amide bonds. The molecule has 8 aromatic carbocycles. The molecule has 25 heteroatoms. The molecule has 109 heavy (non-hydrogen) atoms. The van der Waals surface area contributed by atoms with Crippen LogP contribution in [0.15, 0.2) is 199 Å². The first kappa shape index (κ1) is 82.7. The fourth-order valence-corrected chi connectivity index (χ4v) is 13.4. The third-order valence-corrected chi connectivity index (χ3v) is 18.8. The molecule has 4 aliphatic rings. The van der Waals surface area contributed by atoms with Crippen molar-refractivity contribution in [3.63, 3.8) is 0 Å². The Labute approximate surface area is 665 Å². The van der Waals surface area contributed by atoms with Gasteiger partial charge < -0.3 is 50.3 Å². The van der Waals surface area contributed by atoms with Gasteiger partial charge in [-0.2, -0.15) is 0 Å². The molecule has 8 heterocycles. The third-order valence-electron chi connectivity index (χ3n) is 18.3. The topological polar surface area (TPSA) is 302 Å². The van der Waals surface area contributed by atoms with Gasteiger partial charge in [0.05, 0.1) is 89.1 Å². The summed E-state index contributed by atoms with van der Waals surface area (Å²) < 4.78 is 25.7. The number of benzene rings is 8.